The second-order valence-electron chi connectivity index (χ2n) is 6.06. The Labute approximate surface area is 134 Å². The molecule has 1 aromatic rings. The maximum atomic E-state index is 14.6. The molecule has 124 valence electrons. The lowest BCUT2D eigenvalue weighted by atomic mass is 9.76. The van der Waals surface area contributed by atoms with E-state index in [2.05, 4.69) is 0 Å². The minimum atomic E-state index is -3.15. The first kappa shape index (κ1) is 17.3. The molecule has 0 bridgehead atoms. The molecule has 3 N–H and O–H groups in total. The van der Waals surface area contributed by atoms with Crippen molar-refractivity contribution >= 4 is 11.5 Å². The lowest BCUT2D eigenvalue weighted by molar-refractivity contribution is -0.138. The number of nitrogens with two attached hydrogens (primary N) is 1. The average Bonchev–Trinajstić information content (AvgIpc) is 2.45. The summed E-state index contributed by atoms with van der Waals surface area (Å²) in [7, 11) is 0. The average molecular weight is 321 g/mol. The number of carbonyl (C=O) groups is 1. The molecule has 2 unspecified atom stereocenters. The first-order valence-electron chi connectivity index (χ1n) is 7.47. The Hall–Kier alpha value is -2.01. The minimum absolute atomic E-state index is 0.0518. The van der Waals surface area contributed by atoms with Gasteiger partial charge in [0.2, 0.25) is 0 Å². The summed E-state index contributed by atoms with van der Waals surface area (Å²) >= 11 is 0. The van der Waals surface area contributed by atoms with Crippen molar-refractivity contribution in [2.75, 3.05) is 0 Å². The van der Waals surface area contributed by atoms with Crippen molar-refractivity contribution in [3.63, 3.8) is 0 Å². The maximum Gasteiger partial charge on any atom is 0.304 e. The van der Waals surface area contributed by atoms with Gasteiger partial charge in [-0.2, -0.15) is 0 Å². The van der Waals surface area contributed by atoms with E-state index in [1.807, 2.05) is 31.2 Å². The van der Waals surface area contributed by atoms with Crippen LogP contribution < -0.4 is 5.73 Å². The zero-order valence-corrected chi connectivity index (χ0v) is 13.4. The fourth-order valence-corrected chi connectivity index (χ4v) is 3.00. The van der Waals surface area contributed by atoms with Crippen LogP contribution in [0.3, 0.4) is 0 Å². The van der Waals surface area contributed by atoms with Crippen molar-refractivity contribution in [3.8, 4) is 0 Å². The number of hydrogen-bond donors (Lipinski definition) is 2. The summed E-state index contributed by atoms with van der Waals surface area (Å²) in [4.78, 5) is 10.9. The normalized spacial score (nSPS) is 21.8. The van der Waals surface area contributed by atoms with E-state index in [9.17, 15) is 13.6 Å². The number of hydrogen-bond acceptors (Lipinski definition) is 2. The van der Waals surface area contributed by atoms with Crippen LogP contribution in [0.5, 0.6) is 0 Å². The van der Waals surface area contributed by atoms with E-state index < -0.39 is 30.3 Å². The topological polar surface area (TPSA) is 63.3 Å². The van der Waals surface area contributed by atoms with Crippen LogP contribution in [-0.2, 0) is 4.79 Å². The van der Waals surface area contributed by atoms with Crippen molar-refractivity contribution in [1.29, 1.82) is 0 Å². The highest BCUT2D eigenvalue weighted by molar-refractivity contribution is 5.83. The van der Waals surface area contributed by atoms with Crippen molar-refractivity contribution in [1.82, 2.24) is 0 Å². The molecule has 1 aliphatic rings. The van der Waals surface area contributed by atoms with E-state index in [1.165, 1.54) is 13.0 Å². The molecule has 5 heteroatoms. The van der Waals surface area contributed by atoms with Crippen LogP contribution >= 0.6 is 0 Å². The Balaban J connectivity index is 2.55. The molecule has 0 radical (unpaired) electrons. The van der Waals surface area contributed by atoms with Crippen LogP contribution in [0.1, 0.15) is 31.4 Å². The Morgan fingerprint density at radius 2 is 1.91 bits per heavy atom. The van der Waals surface area contributed by atoms with Crippen molar-refractivity contribution < 1.29 is 18.7 Å². The summed E-state index contributed by atoms with van der Waals surface area (Å²) in [6, 6.07) is 6.38. The van der Waals surface area contributed by atoms with Crippen LogP contribution in [-0.4, -0.2) is 23.0 Å². The van der Waals surface area contributed by atoms with Gasteiger partial charge < -0.3 is 10.8 Å². The van der Waals surface area contributed by atoms with Gasteiger partial charge in [-0.05, 0) is 48.6 Å². The number of aryl methyl sites for hydroxylation is 1. The van der Waals surface area contributed by atoms with Crippen LogP contribution in [0.15, 0.2) is 41.5 Å². The van der Waals surface area contributed by atoms with Gasteiger partial charge >= 0.3 is 5.97 Å². The summed E-state index contributed by atoms with van der Waals surface area (Å²) < 4.78 is 29.3. The fourth-order valence-electron chi connectivity index (χ4n) is 3.00. The van der Waals surface area contributed by atoms with Crippen LogP contribution in [0, 0.1) is 12.8 Å². The molecule has 2 rings (SSSR count). The molecular formula is C18H21F2NO2. The largest absolute Gasteiger partial charge is 0.481 e. The predicted octanol–water partition coefficient (Wildman–Crippen LogP) is 3.78. The van der Waals surface area contributed by atoms with E-state index in [-0.39, 0.29) is 5.57 Å². The Morgan fingerprint density at radius 1 is 1.30 bits per heavy atom. The maximum absolute atomic E-state index is 14.6. The summed E-state index contributed by atoms with van der Waals surface area (Å²) in [5, 5.41) is 8.87. The summed E-state index contributed by atoms with van der Waals surface area (Å²) in [5.74, 6) is -5.66. The molecule has 3 nitrogen and oxygen atoms in total. The highest BCUT2D eigenvalue weighted by atomic mass is 19.3. The van der Waals surface area contributed by atoms with Gasteiger partial charge in [0.05, 0.1) is 12.3 Å². The highest BCUT2D eigenvalue weighted by Gasteiger charge is 2.47. The van der Waals surface area contributed by atoms with Gasteiger partial charge in [-0.1, -0.05) is 30.3 Å². The van der Waals surface area contributed by atoms with Gasteiger partial charge in [0.1, 0.15) is 0 Å². The number of halogens is 2. The third kappa shape index (κ3) is 3.20. The van der Waals surface area contributed by atoms with Crippen LogP contribution in [0.4, 0.5) is 8.78 Å². The molecular weight excluding hydrogens is 300 g/mol. The third-order valence-electron chi connectivity index (χ3n) is 4.54. The van der Waals surface area contributed by atoms with E-state index in [1.54, 1.807) is 6.92 Å². The van der Waals surface area contributed by atoms with Gasteiger partial charge in [0.15, 0.2) is 0 Å². The molecule has 0 saturated heterocycles. The number of rotatable bonds is 4. The van der Waals surface area contributed by atoms with Gasteiger partial charge in [0.25, 0.3) is 5.92 Å². The molecule has 0 aliphatic heterocycles. The van der Waals surface area contributed by atoms with Crippen molar-refractivity contribution in [3.05, 3.63) is 52.6 Å². The van der Waals surface area contributed by atoms with Gasteiger partial charge in [0, 0.05) is 6.04 Å². The summed E-state index contributed by atoms with van der Waals surface area (Å²) in [5.41, 5.74) is 8.80. The van der Waals surface area contributed by atoms with Gasteiger partial charge in [-0.25, -0.2) is 8.78 Å². The number of carboxylic acids is 1. The molecule has 0 fully saturated rings. The quantitative estimate of drug-likeness (QED) is 0.887. The molecule has 0 saturated carbocycles. The standard InChI is InChI=1S/C18H21F2NO2/c1-10-6-4-5-7-13(10)14-8-15(16(21)9-17(22)23)18(19,20)12(3)11(14)2/h4-8,15-16H,9,21H2,1-3H3,(H,22,23). The molecule has 0 aromatic heterocycles. The number of allylic oxidation sites excluding steroid dienone is 3. The van der Waals surface area contributed by atoms with Crippen LogP contribution in [0.2, 0.25) is 0 Å². The first-order valence-corrected chi connectivity index (χ1v) is 7.47. The Morgan fingerprint density at radius 3 is 2.48 bits per heavy atom. The third-order valence-corrected chi connectivity index (χ3v) is 4.54. The molecule has 23 heavy (non-hydrogen) atoms. The SMILES string of the molecule is CC1=C(C)C(F)(F)C(C(N)CC(=O)O)C=C1c1ccccc1C. The summed E-state index contributed by atoms with van der Waals surface area (Å²) in [6.45, 7) is 4.97. The monoisotopic (exact) mass is 321 g/mol. The van der Waals surface area contributed by atoms with Crippen molar-refractivity contribution in [2.24, 2.45) is 11.7 Å². The number of alkyl halides is 2. The Bertz CT molecular complexity index is 692. The highest BCUT2D eigenvalue weighted by Crippen LogP contribution is 2.45. The molecule has 1 aromatic carbocycles. The Kier molecular flexibility index (Phi) is 4.71. The summed E-state index contributed by atoms with van der Waals surface area (Å²) in [6.07, 6.45) is 0.947. The fraction of sp³-hybridized carbons (Fsp3) is 0.389. The van der Waals surface area contributed by atoms with E-state index in [0.29, 0.717) is 11.1 Å². The lowest BCUT2D eigenvalue weighted by Gasteiger charge is -2.35. The second kappa shape index (κ2) is 6.24. The predicted molar refractivity (Wildman–Crippen MR) is 86.2 cm³/mol. The van der Waals surface area contributed by atoms with Gasteiger partial charge in [-0.15, -0.1) is 0 Å². The number of aliphatic carboxylic acids is 1. The zero-order chi connectivity index (χ0) is 17.4. The molecule has 1 aliphatic carbocycles. The zero-order valence-electron chi connectivity index (χ0n) is 13.4. The number of benzene rings is 1. The van der Waals surface area contributed by atoms with Gasteiger partial charge in [-0.3, -0.25) is 4.79 Å². The van der Waals surface area contributed by atoms with Crippen molar-refractivity contribution in [2.45, 2.75) is 39.2 Å². The number of carboxylic acid groups (broad SMARTS) is 1. The first-order chi connectivity index (χ1) is 10.7. The molecule has 0 amide bonds. The smallest absolute Gasteiger partial charge is 0.304 e. The van der Waals surface area contributed by atoms with E-state index in [4.69, 9.17) is 10.8 Å². The van der Waals surface area contributed by atoms with Crippen LogP contribution in [0.25, 0.3) is 5.57 Å². The molecule has 2 atom stereocenters. The lowest BCUT2D eigenvalue weighted by Crippen LogP contribution is -2.45. The van der Waals surface area contributed by atoms with E-state index >= 15 is 0 Å². The second-order valence-corrected chi connectivity index (χ2v) is 6.06. The molecule has 0 spiro atoms. The van der Waals surface area contributed by atoms with E-state index in [0.717, 1.165) is 11.1 Å². The minimum Gasteiger partial charge on any atom is -0.481 e. The molecule has 0 heterocycles.